The number of carboxylic acid groups (broad SMARTS) is 3. The van der Waals surface area contributed by atoms with Gasteiger partial charge in [-0.2, -0.15) is 23.5 Å². The minimum absolute atomic E-state index is 0.0802. The van der Waals surface area contributed by atoms with Crippen LogP contribution in [0.3, 0.4) is 0 Å². The van der Waals surface area contributed by atoms with Crippen molar-refractivity contribution < 1.29 is 44.0 Å². The maximum absolute atomic E-state index is 12.2. The summed E-state index contributed by atoms with van der Waals surface area (Å²) in [6.07, 6.45) is 6.64. The number of rotatable bonds is 23. The normalized spacial score (nSPS) is 21.4. The summed E-state index contributed by atoms with van der Waals surface area (Å²) in [7, 11) is 0. The Morgan fingerprint density at radius 2 is 1.18 bits per heavy atom. The summed E-state index contributed by atoms with van der Waals surface area (Å²) in [5.74, 6) is -2.23. The predicted molar refractivity (Wildman–Crippen MR) is 174 cm³/mol. The van der Waals surface area contributed by atoms with Crippen LogP contribution in [0.5, 0.6) is 0 Å². The van der Waals surface area contributed by atoms with Crippen LogP contribution in [-0.4, -0.2) is 80.4 Å². The SMILES string of the molecule is CC1(C)CC1C(=O)N/C(=C\CCCCSCC(N)OC(CSCCCC/C=C(\NC(=O)C1CC1(C)C)C(=O)O)C(=O)O)C(=O)O. The Morgan fingerprint density at radius 1 is 0.778 bits per heavy atom. The highest BCUT2D eigenvalue weighted by molar-refractivity contribution is 7.99. The second-order valence-electron chi connectivity index (χ2n) is 13.0. The van der Waals surface area contributed by atoms with Gasteiger partial charge < -0.3 is 36.4 Å². The van der Waals surface area contributed by atoms with E-state index < -0.39 is 30.2 Å². The monoisotopic (exact) mass is 671 g/mol. The van der Waals surface area contributed by atoms with Gasteiger partial charge in [0.1, 0.15) is 17.6 Å². The molecule has 0 aromatic rings. The van der Waals surface area contributed by atoms with Crippen LogP contribution in [-0.2, 0) is 28.7 Å². The van der Waals surface area contributed by atoms with Crippen molar-refractivity contribution in [3.8, 4) is 0 Å². The highest BCUT2D eigenvalue weighted by Crippen LogP contribution is 2.52. The number of hydrogen-bond acceptors (Lipinski definition) is 9. The Balaban J connectivity index is 1.57. The molecule has 2 rings (SSSR count). The molecule has 2 amide bonds. The maximum Gasteiger partial charge on any atom is 0.352 e. The molecule has 0 aromatic carbocycles. The summed E-state index contributed by atoms with van der Waals surface area (Å²) in [6.45, 7) is 7.89. The highest BCUT2D eigenvalue weighted by Gasteiger charge is 2.51. The largest absolute Gasteiger partial charge is 0.479 e. The smallest absolute Gasteiger partial charge is 0.352 e. The number of aliphatic carboxylic acids is 3. The van der Waals surface area contributed by atoms with Gasteiger partial charge in [0.15, 0.2) is 6.10 Å². The molecule has 2 aliphatic carbocycles. The molecule has 254 valence electrons. The van der Waals surface area contributed by atoms with Crippen LogP contribution in [0.15, 0.2) is 23.5 Å². The Morgan fingerprint density at radius 3 is 1.53 bits per heavy atom. The third kappa shape index (κ3) is 14.2. The number of nitrogens with one attached hydrogen (secondary N) is 2. The fourth-order valence-electron chi connectivity index (χ4n) is 4.65. The Labute approximate surface area is 273 Å². The van der Waals surface area contributed by atoms with Gasteiger partial charge in [-0.1, -0.05) is 39.8 Å². The molecule has 14 heteroatoms. The van der Waals surface area contributed by atoms with Crippen molar-refractivity contribution in [2.75, 3.05) is 23.0 Å². The quantitative estimate of drug-likeness (QED) is 0.0521. The number of carbonyl (C=O) groups excluding carboxylic acids is 2. The number of carboxylic acids is 3. The van der Waals surface area contributed by atoms with Gasteiger partial charge in [0, 0.05) is 23.3 Å². The van der Waals surface area contributed by atoms with Gasteiger partial charge in [-0.25, -0.2) is 14.4 Å². The Hall–Kier alpha value is -2.55. The predicted octanol–water partition coefficient (Wildman–Crippen LogP) is 3.81. The van der Waals surface area contributed by atoms with E-state index in [0.29, 0.717) is 30.8 Å². The standard InChI is InChI=1S/C31H49N3O9S2/c1-30(2)15-19(30)25(35)33-21(27(37)38)11-7-5-9-13-44-17-23(29(41)42)43-24(32)18-45-14-10-6-8-12-22(28(39)40)34-26(36)20-16-31(20,3)4/h11-12,19-20,23-24H,5-10,13-18,32H2,1-4H3,(H,33,35)(H,34,36)(H,37,38)(H,39,40)(H,41,42)/b21-11-,22-12-. The number of amides is 2. The van der Waals surface area contributed by atoms with Crippen LogP contribution in [0, 0.1) is 22.7 Å². The van der Waals surface area contributed by atoms with Crippen molar-refractivity contribution in [2.45, 2.75) is 91.4 Å². The lowest BCUT2D eigenvalue weighted by atomic mass is 10.1. The number of nitrogens with two attached hydrogens (primary N) is 1. The van der Waals surface area contributed by atoms with E-state index in [0.717, 1.165) is 37.9 Å². The first kappa shape index (κ1) is 38.6. The van der Waals surface area contributed by atoms with Crippen molar-refractivity contribution in [3.63, 3.8) is 0 Å². The van der Waals surface area contributed by atoms with Gasteiger partial charge in [-0.3, -0.25) is 9.59 Å². The number of hydrogen-bond donors (Lipinski definition) is 6. The zero-order valence-corrected chi connectivity index (χ0v) is 28.3. The van der Waals surface area contributed by atoms with E-state index in [2.05, 4.69) is 10.6 Å². The third-order valence-corrected chi connectivity index (χ3v) is 10.2. The molecule has 0 spiro atoms. The molecule has 0 radical (unpaired) electrons. The zero-order chi connectivity index (χ0) is 33.8. The number of unbranched alkanes of at least 4 members (excludes halogenated alkanes) is 4. The van der Waals surface area contributed by atoms with E-state index in [9.17, 15) is 39.3 Å². The molecule has 4 unspecified atom stereocenters. The minimum atomic E-state index is -1.17. The van der Waals surface area contributed by atoms with Crippen LogP contribution in [0.25, 0.3) is 0 Å². The van der Waals surface area contributed by atoms with E-state index >= 15 is 0 Å². The summed E-state index contributed by atoms with van der Waals surface area (Å²) < 4.78 is 5.54. The average Bonchev–Trinajstić information content (AvgIpc) is 3.81. The highest BCUT2D eigenvalue weighted by atomic mass is 32.2. The van der Waals surface area contributed by atoms with Gasteiger partial charge in [-0.05, 0) is 73.7 Å². The topological polar surface area (TPSA) is 205 Å². The molecule has 0 bridgehead atoms. The van der Waals surface area contributed by atoms with Crippen LogP contribution >= 0.6 is 23.5 Å². The Bertz CT molecular complexity index is 1140. The fourth-order valence-corrected chi connectivity index (χ4v) is 6.55. The molecule has 0 aromatic heterocycles. The van der Waals surface area contributed by atoms with Crippen molar-refractivity contribution in [2.24, 2.45) is 28.4 Å². The number of thioether (sulfide) groups is 2. The zero-order valence-electron chi connectivity index (χ0n) is 26.6. The molecular weight excluding hydrogens is 622 g/mol. The molecule has 7 N–H and O–H groups in total. The van der Waals surface area contributed by atoms with E-state index in [1.807, 2.05) is 27.7 Å². The number of allylic oxidation sites excluding steroid dienone is 2. The molecule has 12 nitrogen and oxygen atoms in total. The molecule has 0 heterocycles. The van der Waals surface area contributed by atoms with Crippen LogP contribution in [0.2, 0.25) is 0 Å². The second-order valence-corrected chi connectivity index (χ2v) is 15.3. The maximum atomic E-state index is 12.2. The second kappa shape index (κ2) is 18.0. The van der Waals surface area contributed by atoms with E-state index in [-0.39, 0.29) is 51.6 Å². The molecule has 0 aliphatic heterocycles. The molecular formula is C31H49N3O9S2. The van der Waals surface area contributed by atoms with Gasteiger partial charge in [0.2, 0.25) is 11.8 Å². The first-order chi connectivity index (χ1) is 21.0. The van der Waals surface area contributed by atoms with Gasteiger partial charge in [-0.15, -0.1) is 0 Å². The Kier molecular flexibility index (Phi) is 15.4. The van der Waals surface area contributed by atoms with Crippen molar-refractivity contribution in [1.82, 2.24) is 10.6 Å². The average molecular weight is 672 g/mol. The third-order valence-electron chi connectivity index (χ3n) is 7.98. The van der Waals surface area contributed by atoms with Gasteiger partial charge in [0.05, 0.1) is 0 Å². The minimum Gasteiger partial charge on any atom is -0.479 e. The van der Waals surface area contributed by atoms with Crippen molar-refractivity contribution in [3.05, 3.63) is 23.5 Å². The molecule has 4 atom stereocenters. The van der Waals surface area contributed by atoms with Crippen LogP contribution in [0.1, 0.15) is 79.1 Å². The number of ether oxygens (including phenoxy) is 1. The summed E-state index contributed by atoms with van der Waals surface area (Å²) >= 11 is 2.94. The first-order valence-electron chi connectivity index (χ1n) is 15.3. The fraction of sp³-hybridized carbons (Fsp3) is 0.710. The van der Waals surface area contributed by atoms with E-state index in [4.69, 9.17) is 10.5 Å². The van der Waals surface area contributed by atoms with Crippen molar-refractivity contribution >= 4 is 53.2 Å². The van der Waals surface area contributed by atoms with E-state index in [1.165, 1.54) is 35.7 Å². The molecule has 45 heavy (non-hydrogen) atoms. The molecule has 0 saturated heterocycles. The number of carbonyl (C=O) groups is 5. The van der Waals surface area contributed by atoms with Crippen LogP contribution in [0.4, 0.5) is 0 Å². The molecule has 2 aliphatic rings. The lowest BCUT2D eigenvalue weighted by Crippen LogP contribution is -2.37. The summed E-state index contributed by atoms with van der Waals surface area (Å²) in [6, 6.07) is 0. The van der Waals surface area contributed by atoms with Gasteiger partial charge >= 0.3 is 17.9 Å². The summed E-state index contributed by atoms with van der Waals surface area (Å²) in [5.41, 5.74) is 5.63. The first-order valence-corrected chi connectivity index (χ1v) is 17.6. The molecule has 2 saturated carbocycles. The van der Waals surface area contributed by atoms with Crippen LogP contribution < -0.4 is 16.4 Å². The van der Waals surface area contributed by atoms with Crippen molar-refractivity contribution in [1.29, 1.82) is 0 Å². The van der Waals surface area contributed by atoms with E-state index in [1.54, 1.807) is 0 Å². The summed E-state index contributed by atoms with van der Waals surface area (Å²) in [4.78, 5) is 58.9. The lowest BCUT2D eigenvalue weighted by molar-refractivity contribution is -0.151. The van der Waals surface area contributed by atoms with Gasteiger partial charge in [0.25, 0.3) is 0 Å². The lowest BCUT2D eigenvalue weighted by Gasteiger charge is -2.18. The summed E-state index contributed by atoms with van der Waals surface area (Å²) in [5, 5.41) is 33.3. The molecule has 2 fully saturated rings.